The van der Waals surface area contributed by atoms with E-state index in [1.807, 2.05) is 23.1 Å². The van der Waals surface area contributed by atoms with Crippen molar-refractivity contribution in [2.24, 2.45) is 0 Å². The van der Waals surface area contributed by atoms with Gasteiger partial charge in [0.2, 0.25) is 5.88 Å². The zero-order chi connectivity index (χ0) is 13.1. The van der Waals surface area contributed by atoms with Crippen LogP contribution >= 0.6 is 0 Å². The highest BCUT2D eigenvalue weighted by Gasteiger charge is 2.13. The molecule has 3 heteroatoms. The molecule has 0 aliphatic heterocycles. The van der Waals surface area contributed by atoms with Crippen LogP contribution in [-0.4, -0.2) is 12.3 Å². The van der Waals surface area contributed by atoms with E-state index < -0.39 is 0 Å². The number of nitrogens with zero attached hydrogens (tertiary/aromatic N) is 1. The first-order valence-electron chi connectivity index (χ1n) is 6.06. The molecule has 0 spiro atoms. The molecule has 0 atom stereocenters. The highest BCUT2D eigenvalue weighted by molar-refractivity contribution is 5.91. The normalized spacial score (nSPS) is 10.4. The molecule has 0 aliphatic carbocycles. The molecule has 1 aromatic heterocycles. The molecule has 0 radical (unpaired) electrons. The van der Waals surface area contributed by atoms with Crippen LogP contribution in [0.5, 0.6) is 0 Å². The molecular weight excluding hydrogens is 226 g/mol. The number of ketones is 1. The first kappa shape index (κ1) is 12.4. The predicted molar refractivity (Wildman–Crippen MR) is 72.6 cm³/mol. The summed E-state index contributed by atoms with van der Waals surface area (Å²) in [6.07, 6.45) is 0. The summed E-state index contributed by atoms with van der Waals surface area (Å²) in [6.45, 7) is 6.40. The smallest absolute Gasteiger partial charge is 0.200 e. The van der Waals surface area contributed by atoms with E-state index in [0.717, 1.165) is 12.2 Å². The Hall–Kier alpha value is -2.03. The lowest BCUT2D eigenvalue weighted by Crippen LogP contribution is -2.15. The van der Waals surface area contributed by atoms with Gasteiger partial charge in [-0.15, -0.1) is 0 Å². The van der Waals surface area contributed by atoms with Crippen molar-refractivity contribution < 1.29 is 9.21 Å². The van der Waals surface area contributed by atoms with E-state index in [-0.39, 0.29) is 5.78 Å². The first-order chi connectivity index (χ1) is 8.61. The summed E-state index contributed by atoms with van der Waals surface area (Å²) in [5.74, 6) is 1.05. The highest BCUT2D eigenvalue weighted by Crippen LogP contribution is 2.27. The number of Topliss-reactive ketones (excluding diaryl/α,β-unsaturated/α-hetero) is 1. The molecule has 2 rings (SSSR count). The predicted octanol–water partition coefficient (Wildman–Crippen LogP) is 3.95. The van der Waals surface area contributed by atoms with Crippen molar-refractivity contribution in [1.82, 2.24) is 0 Å². The Kier molecular flexibility index (Phi) is 3.51. The van der Waals surface area contributed by atoms with Crippen molar-refractivity contribution in [3.05, 3.63) is 47.7 Å². The summed E-state index contributed by atoms with van der Waals surface area (Å²) >= 11 is 0. The Bertz CT molecular complexity index is 557. The van der Waals surface area contributed by atoms with E-state index in [9.17, 15) is 4.79 Å². The van der Waals surface area contributed by atoms with Crippen LogP contribution in [0.25, 0.3) is 0 Å². The molecule has 0 N–H and O–H groups in total. The summed E-state index contributed by atoms with van der Waals surface area (Å²) in [5, 5.41) is 0. The van der Waals surface area contributed by atoms with Crippen LogP contribution in [0.3, 0.4) is 0 Å². The fourth-order valence-electron chi connectivity index (χ4n) is 1.92. The van der Waals surface area contributed by atoms with Gasteiger partial charge in [0.25, 0.3) is 0 Å². The average Bonchev–Trinajstić information content (AvgIpc) is 2.80. The van der Waals surface area contributed by atoms with Crippen molar-refractivity contribution in [1.29, 1.82) is 0 Å². The zero-order valence-corrected chi connectivity index (χ0v) is 10.9. The van der Waals surface area contributed by atoms with E-state index in [4.69, 9.17) is 4.42 Å². The fourth-order valence-corrected chi connectivity index (χ4v) is 1.92. The minimum atomic E-state index is -0.0541. The van der Waals surface area contributed by atoms with E-state index in [0.29, 0.717) is 11.6 Å². The van der Waals surface area contributed by atoms with Crippen LogP contribution in [0.1, 0.15) is 30.0 Å². The van der Waals surface area contributed by atoms with Gasteiger partial charge in [-0.1, -0.05) is 12.1 Å². The van der Waals surface area contributed by atoms with E-state index in [1.54, 1.807) is 6.07 Å². The molecule has 0 amide bonds. The minimum Gasteiger partial charge on any atom is -0.437 e. The van der Waals surface area contributed by atoms with Gasteiger partial charge in [0.1, 0.15) is 0 Å². The van der Waals surface area contributed by atoms with Crippen LogP contribution in [0, 0.1) is 6.92 Å². The Morgan fingerprint density at radius 2 is 2.06 bits per heavy atom. The molecule has 0 saturated heterocycles. The molecule has 0 aliphatic rings. The summed E-state index contributed by atoms with van der Waals surface area (Å²) < 4.78 is 5.57. The second kappa shape index (κ2) is 5.08. The lowest BCUT2D eigenvalue weighted by molar-refractivity contribution is 0.0988. The summed E-state index contributed by atoms with van der Waals surface area (Å²) in [5.41, 5.74) is 2.27. The SMILES string of the molecule is CCN(c1cccc(C)c1)c1ccc(C(C)=O)o1. The summed E-state index contributed by atoms with van der Waals surface area (Å²) in [4.78, 5) is 13.3. The van der Waals surface area contributed by atoms with Gasteiger partial charge < -0.3 is 9.32 Å². The molecule has 94 valence electrons. The first-order valence-corrected chi connectivity index (χ1v) is 6.06. The van der Waals surface area contributed by atoms with Gasteiger partial charge >= 0.3 is 0 Å². The van der Waals surface area contributed by atoms with Crippen LogP contribution in [0.15, 0.2) is 40.8 Å². The molecule has 0 bridgehead atoms. The monoisotopic (exact) mass is 243 g/mol. The van der Waals surface area contributed by atoms with Crippen LogP contribution in [0.4, 0.5) is 11.6 Å². The quantitative estimate of drug-likeness (QED) is 0.762. The maximum Gasteiger partial charge on any atom is 0.200 e. The lowest BCUT2D eigenvalue weighted by atomic mass is 10.2. The van der Waals surface area contributed by atoms with Crippen LogP contribution in [-0.2, 0) is 0 Å². The third-order valence-electron chi connectivity index (χ3n) is 2.83. The lowest BCUT2D eigenvalue weighted by Gasteiger charge is -2.20. The zero-order valence-electron chi connectivity index (χ0n) is 10.9. The molecule has 3 nitrogen and oxygen atoms in total. The molecule has 1 heterocycles. The number of anilines is 2. The second-order valence-electron chi connectivity index (χ2n) is 4.28. The standard InChI is InChI=1S/C15H17NO2/c1-4-16(13-7-5-6-11(2)10-13)15-9-8-14(18-15)12(3)17/h5-10H,4H2,1-3H3. The van der Waals surface area contributed by atoms with Crippen molar-refractivity contribution >= 4 is 17.4 Å². The van der Waals surface area contributed by atoms with Gasteiger partial charge in [-0.25, -0.2) is 0 Å². The molecule has 0 unspecified atom stereocenters. The number of hydrogen-bond acceptors (Lipinski definition) is 3. The van der Waals surface area contributed by atoms with Gasteiger partial charge in [-0.3, -0.25) is 4.79 Å². The number of benzene rings is 1. The van der Waals surface area contributed by atoms with E-state index in [1.165, 1.54) is 12.5 Å². The Balaban J connectivity index is 2.35. The van der Waals surface area contributed by atoms with Gasteiger partial charge in [0, 0.05) is 25.2 Å². The van der Waals surface area contributed by atoms with Gasteiger partial charge in [-0.05, 0) is 37.6 Å². The molecule has 0 fully saturated rings. The van der Waals surface area contributed by atoms with Gasteiger partial charge in [0.05, 0.1) is 0 Å². The number of furan rings is 1. The molecular formula is C15H17NO2. The Labute approximate surface area is 107 Å². The van der Waals surface area contributed by atoms with E-state index >= 15 is 0 Å². The van der Waals surface area contributed by atoms with Crippen molar-refractivity contribution in [2.75, 3.05) is 11.4 Å². The van der Waals surface area contributed by atoms with Gasteiger partial charge in [0.15, 0.2) is 11.5 Å². The second-order valence-corrected chi connectivity index (χ2v) is 4.28. The Morgan fingerprint density at radius 3 is 2.61 bits per heavy atom. The van der Waals surface area contributed by atoms with Crippen molar-refractivity contribution in [3.63, 3.8) is 0 Å². The highest BCUT2D eigenvalue weighted by atomic mass is 16.4. The van der Waals surface area contributed by atoms with Gasteiger partial charge in [-0.2, -0.15) is 0 Å². The van der Waals surface area contributed by atoms with E-state index in [2.05, 4.69) is 26.0 Å². The maximum atomic E-state index is 11.2. The number of hydrogen-bond donors (Lipinski definition) is 0. The van der Waals surface area contributed by atoms with Crippen molar-refractivity contribution in [3.8, 4) is 0 Å². The number of carbonyl (C=O) groups is 1. The average molecular weight is 243 g/mol. The Morgan fingerprint density at radius 1 is 1.28 bits per heavy atom. The van der Waals surface area contributed by atoms with Crippen LogP contribution < -0.4 is 4.90 Å². The summed E-state index contributed by atoms with van der Waals surface area (Å²) in [7, 11) is 0. The minimum absolute atomic E-state index is 0.0541. The summed E-state index contributed by atoms with van der Waals surface area (Å²) in [6, 6.07) is 11.8. The van der Waals surface area contributed by atoms with Crippen LogP contribution in [0.2, 0.25) is 0 Å². The third kappa shape index (κ3) is 2.45. The molecule has 1 aromatic carbocycles. The van der Waals surface area contributed by atoms with Crippen molar-refractivity contribution in [2.45, 2.75) is 20.8 Å². The molecule has 18 heavy (non-hydrogen) atoms. The number of aryl methyl sites for hydroxylation is 1. The molecule has 0 saturated carbocycles. The fraction of sp³-hybridized carbons (Fsp3) is 0.267. The topological polar surface area (TPSA) is 33.5 Å². The molecule has 2 aromatic rings. The third-order valence-corrected chi connectivity index (χ3v) is 2.83. The number of rotatable bonds is 4. The largest absolute Gasteiger partial charge is 0.437 e. The number of carbonyl (C=O) groups excluding carboxylic acids is 1. The maximum absolute atomic E-state index is 11.2.